The smallest absolute Gasteiger partial charge is 0.306 e. The summed E-state index contributed by atoms with van der Waals surface area (Å²) in [6.07, 6.45) is 74.0. The normalized spacial score (nSPS) is 18.4. The van der Waals surface area contributed by atoms with Gasteiger partial charge in [-0.05, 0) is 89.9 Å². The molecule has 8 atom stereocenters. The molecule has 0 aromatic carbocycles. The van der Waals surface area contributed by atoms with Gasteiger partial charge in [0, 0.05) is 6.42 Å². The van der Waals surface area contributed by atoms with Crippen LogP contribution in [-0.2, 0) is 23.8 Å². The molecule has 1 amide bonds. The molecule has 1 aliphatic rings. The van der Waals surface area contributed by atoms with Crippen LogP contribution in [0.25, 0.3) is 0 Å². The Bertz CT molecular complexity index is 1680. The van der Waals surface area contributed by atoms with E-state index in [1.54, 1.807) is 6.08 Å². The Hall–Kier alpha value is -2.64. The number of carbonyl (C=O) groups excluding carboxylic acids is 2. The molecule has 0 radical (unpaired) electrons. The highest BCUT2D eigenvalue weighted by molar-refractivity contribution is 5.80. The molecule has 1 rings (SSSR count). The minimum atomic E-state index is -1.62. The molecule has 0 bridgehead atoms. The van der Waals surface area contributed by atoms with Gasteiger partial charge in [-0.15, -0.1) is 0 Å². The Morgan fingerprint density at radius 3 is 1.17 bits per heavy atom. The summed E-state index contributed by atoms with van der Waals surface area (Å²) in [5.41, 5.74) is 0. The van der Waals surface area contributed by atoms with Crippen molar-refractivity contribution in [3.8, 4) is 0 Å². The van der Waals surface area contributed by atoms with Gasteiger partial charge in [0.05, 0.1) is 25.4 Å². The van der Waals surface area contributed by atoms with Crippen LogP contribution in [-0.4, -0.2) is 99.6 Å². The molecular formula is C78H143NO10. The molecule has 520 valence electrons. The molecule has 89 heavy (non-hydrogen) atoms. The first-order valence-electron chi connectivity index (χ1n) is 38.1. The van der Waals surface area contributed by atoms with E-state index >= 15 is 0 Å². The van der Waals surface area contributed by atoms with E-state index in [0.29, 0.717) is 19.3 Å². The van der Waals surface area contributed by atoms with Crippen LogP contribution < -0.4 is 5.32 Å². The average molecular weight is 1250 g/mol. The summed E-state index contributed by atoms with van der Waals surface area (Å²) < 4.78 is 17.7. The lowest BCUT2D eigenvalue weighted by atomic mass is 9.99. The van der Waals surface area contributed by atoms with E-state index in [9.17, 15) is 35.1 Å². The first-order chi connectivity index (χ1) is 43.7. The third-order valence-corrected chi connectivity index (χ3v) is 17.9. The number of hydrogen-bond donors (Lipinski definition) is 6. The van der Waals surface area contributed by atoms with Crippen molar-refractivity contribution in [2.45, 2.75) is 410 Å². The van der Waals surface area contributed by atoms with Gasteiger partial charge in [-0.1, -0.05) is 326 Å². The second-order valence-electron chi connectivity index (χ2n) is 26.4. The van der Waals surface area contributed by atoms with Crippen LogP contribution in [0.2, 0.25) is 0 Å². The zero-order chi connectivity index (χ0) is 64.6. The fourth-order valence-electron chi connectivity index (χ4n) is 11.9. The molecule has 0 aromatic rings. The summed E-state index contributed by atoms with van der Waals surface area (Å²) in [6.45, 7) is 5.80. The second-order valence-corrected chi connectivity index (χ2v) is 26.4. The van der Waals surface area contributed by atoms with Crippen molar-refractivity contribution in [3.63, 3.8) is 0 Å². The maximum atomic E-state index is 13.5. The van der Waals surface area contributed by atoms with Gasteiger partial charge in [0.15, 0.2) is 12.4 Å². The lowest BCUT2D eigenvalue weighted by Gasteiger charge is -2.41. The van der Waals surface area contributed by atoms with Crippen LogP contribution in [0, 0.1) is 0 Å². The zero-order valence-electron chi connectivity index (χ0n) is 58.1. The molecule has 1 saturated heterocycles. The van der Waals surface area contributed by atoms with Gasteiger partial charge in [0.1, 0.15) is 24.4 Å². The van der Waals surface area contributed by atoms with Crippen molar-refractivity contribution in [1.82, 2.24) is 5.32 Å². The van der Waals surface area contributed by atoms with E-state index in [0.717, 1.165) is 70.6 Å². The molecule has 1 heterocycles. The van der Waals surface area contributed by atoms with Gasteiger partial charge in [0.25, 0.3) is 0 Å². The van der Waals surface area contributed by atoms with Gasteiger partial charge in [-0.2, -0.15) is 0 Å². The van der Waals surface area contributed by atoms with Gasteiger partial charge >= 0.3 is 5.97 Å². The largest absolute Gasteiger partial charge is 0.454 e. The van der Waals surface area contributed by atoms with Crippen molar-refractivity contribution < 1.29 is 49.3 Å². The molecule has 0 saturated carbocycles. The standard InChI is InChI=1S/C78H143NO10/c1-4-7-10-13-16-19-22-25-27-29-31-33-34-35-36-37-39-40-42-44-47-50-53-56-59-62-65-71(82)77(86)79-69(70(81)64-61-58-55-52-49-46-24-21-18-15-12-9-6-3)68-87-78-76(75(85)74(84)72(67-80)88-78)89-73(83)66-63-60-57-54-51-48-45-43-41-38-32-30-28-26-23-20-17-14-11-8-5-2/h16-17,19-20,25-28,61,64,69-72,74-76,78,80-82,84-85H,4-15,18,21-24,29-60,62-63,65-68H2,1-3H3,(H,79,86)/b19-16-,20-17-,27-25-,28-26-,64-61+. The van der Waals surface area contributed by atoms with Crippen LogP contribution in [0.15, 0.2) is 60.8 Å². The number of allylic oxidation sites excluding steroid dienone is 9. The first kappa shape index (κ1) is 84.4. The van der Waals surface area contributed by atoms with Crippen molar-refractivity contribution in [3.05, 3.63) is 60.8 Å². The van der Waals surface area contributed by atoms with Crippen LogP contribution in [0.3, 0.4) is 0 Å². The summed E-state index contributed by atoms with van der Waals surface area (Å²) >= 11 is 0. The molecule has 1 fully saturated rings. The molecule has 11 heteroatoms. The van der Waals surface area contributed by atoms with E-state index in [-0.39, 0.29) is 13.0 Å². The summed E-state index contributed by atoms with van der Waals surface area (Å²) in [7, 11) is 0. The van der Waals surface area contributed by atoms with Crippen LogP contribution in [0.4, 0.5) is 0 Å². The average Bonchev–Trinajstić information content (AvgIpc) is 3.11. The van der Waals surface area contributed by atoms with E-state index in [1.807, 2.05) is 6.08 Å². The lowest BCUT2D eigenvalue weighted by Crippen LogP contribution is -2.61. The number of hydrogen-bond acceptors (Lipinski definition) is 10. The molecular weight excluding hydrogens is 1110 g/mol. The van der Waals surface area contributed by atoms with Crippen molar-refractivity contribution in [2.75, 3.05) is 13.2 Å². The third kappa shape index (κ3) is 52.4. The maximum Gasteiger partial charge on any atom is 0.306 e. The monoisotopic (exact) mass is 1250 g/mol. The number of aliphatic hydroxyl groups is 5. The molecule has 8 unspecified atom stereocenters. The maximum absolute atomic E-state index is 13.5. The molecule has 0 spiro atoms. The Morgan fingerprint density at radius 2 is 0.775 bits per heavy atom. The highest BCUT2D eigenvalue weighted by Crippen LogP contribution is 2.27. The lowest BCUT2D eigenvalue weighted by molar-refractivity contribution is -0.305. The van der Waals surface area contributed by atoms with Crippen LogP contribution in [0.5, 0.6) is 0 Å². The molecule has 11 nitrogen and oxygen atoms in total. The number of carbonyl (C=O) groups is 2. The fourth-order valence-corrected chi connectivity index (χ4v) is 11.9. The van der Waals surface area contributed by atoms with E-state index in [2.05, 4.69) is 74.7 Å². The number of nitrogens with one attached hydrogen (secondary N) is 1. The van der Waals surface area contributed by atoms with Crippen LogP contribution in [0.1, 0.15) is 361 Å². The topological polar surface area (TPSA) is 175 Å². The molecule has 6 N–H and O–H groups in total. The van der Waals surface area contributed by atoms with E-state index in [4.69, 9.17) is 14.2 Å². The number of esters is 1. The number of unbranched alkanes of at least 4 members (excludes halogenated alkanes) is 44. The van der Waals surface area contributed by atoms with Crippen molar-refractivity contribution >= 4 is 11.9 Å². The zero-order valence-corrected chi connectivity index (χ0v) is 58.1. The highest BCUT2D eigenvalue weighted by atomic mass is 16.7. The number of rotatable bonds is 66. The first-order valence-corrected chi connectivity index (χ1v) is 38.1. The van der Waals surface area contributed by atoms with Gasteiger partial charge < -0.3 is 45.1 Å². The Morgan fingerprint density at radius 1 is 0.438 bits per heavy atom. The van der Waals surface area contributed by atoms with Crippen molar-refractivity contribution in [1.29, 1.82) is 0 Å². The number of amides is 1. The summed E-state index contributed by atoms with van der Waals surface area (Å²) in [4.78, 5) is 26.7. The molecule has 0 aromatic heterocycles. The number of ether oxygens (including phenoxy) is 3. The minimum absolute atomic E-state index is 0.122. The SMILES string of the molecule is CCCCC/C=C\C/C=C\CCCCCCCCCCCCCCCCCCC(O)C(=O)NC(COC1OC(CO)C(O)C(O)C1OC(=O)CCCCCCCCCCCCC/C=C\C/C=C\CCCCC)C(O)/C=C/CCCCCCCCCCCCC. The fraction of sp³-hybridized carbons (Fsp3) is 0.846. The summed E-state index contributed by atoms with van der Waals surface area (Å²) in [5.74, 6) is -1.18. The predicted molar refractivity (Wildman–Crippen MR) is 375 cm³/mol. The Labute approximate surface area is 548 Å². The summed E-state index contributed by atoms with van der Waals surface area (Å²) in [5, 5.41) is 57.4. The molecule has 0 aliphatic carbocycles. The number of aliphatic hydroxyl groups excluding tert-OH is 5. The summed E-state index contributed by atoms with van der Waals surface area (Å²) in [6, 6.07) is -1.03. The Kier molecular flexibility index (Phi) is 62.0. The quantitative estimate of drug-likeness (QED) is 0.0195. The van der Waals surface area contributed by atoms with Gasteiger partial charge in [0.2, 0.25) is 5.91 Å². The third-order valence-electron chi connectivity index (χ3n) is 17.9. The van der Waals surface area contributed by atoms with Gasteiger partial charge in [-0.3, -0.25) is 9.59 Å². The van der Waals surface area contributed by atoms with Crippen molar-refractivity contribution in [2.24, 2.45) is 0 Å². The highest BCUT2D eigenvalue weighted by Gasteiger charge is 2.47. The second kappa shape index (κ2) is 65.4. The Balaban J connectivity index is 2.54. The molecule has 1 aliphatic heterocycles. The minimum Gasteiger partial charge on any atom is -0.454 e. The van der Waals surface area contributed by atoms with Crippen LogP contribution >= 0.6 is 0 Å². The van der Waals surface area contributed by atoms with Gasteiger partial charge in [-0.25, -0.2) is 0 Å². The predicted octanol–water partition coefficient (Wildman–Crippen LogP) is 20.1. The van der Waals surface area contributed by atoms with E-state index < -0.39 is 67.4 Å². The van der Waals surface area contributed by atoms with E-state index in [1.165, 1.54) is 244 Å².